The Morgan fingerprint density at radius 3 is 2.00 bits per heavy atom. The summed E-state index contributed by atoms with van der Waals surface area (Å²) in [6.45, 7) is 3.20. The quantitative estimate of drug-likeness (QED) is 0.587. The topological polar surface area (TPSA) is 89.2 Å². The van der Waals surface area contributed by atoms with Gasteiger partial charge in [-0.25, -0.2) is 22.6 Å². The molecule has 0 radical (unpaired) electrons. The van der Waals surface area contributed by atoms with E-state index in [0.717, 1.165) is 12.0 Å². The van der Waals surface area contributed by atoms with E-state index in [1.54, 1.807) is 13.8 Å². The van der Waals surface area contributed by atoms with Gasteiger partial charge in [0, 0.05) is 5.56 Å². The number of nitrogens with zero attached hydrogens (tertiary/aromatic N) is 3. The van der Waals surface area contributed by atoms with Crippen LogP contribution in [0.2, 0.25) is 0 Å². The van der Waals surface area contributed by atoms with Crippen LogP contribution in [0.4, 0.5) is 17.6 Å². The number of benzene rings is 1. The molecule has 4 N–H and O–H groups in total. The zero-order valence-corrected chi connectivity index (χ0v) is 14.7. The highest BCUT2D eigenvalue weighted by Gasteiger charge is 2.34. The van der Waals surface area contributed by atoms with Crippen LogP contribution in [0.3, 0.4) is 0 Å². The van der Waals surface area contributed by atoms with Gasteiger partial charge in [-0.2, -0.15) is 10.1 Å². The number of guanidine groups is 2. The summed E-state index contributed by atoms with van der Waals surface area (Å²) < 4.78 is 54.7. The summed E-state index contributed by atoms with van der Waals surface area (Å²) in [6.07, 6.45) is 0. The Kier molecular flexibility index (Phi) is 5.82. The highest BCUT2D eigenvalue weighted by Crippen LogP contribution is 2.26. The fourth-order valence-electron chi connectivity index (χ4n) is 2.06. The molecule has 0 atom stereocenters. The molecule has 24 heavy (non-hydrogen) atoms. The van der Waals surface area contributed by atoms with Crippen molar-refractivity contribution >= 4 is 28.9 Å². The lowest BCUT2D eigenvalue weighted by Crippen LogP contribution is -2.53. The largest absolute Gasteiger partial charge is 0.368 e. The van der Waals surface area contributed by atoms with Crippen molar-refractivity contribution in [2.45, 2.75) is 33.0 Å². The number of nitrogens with two attached hydrogens (primary N) is 2. The van der Waals surface area contributed by atoms with Gasteiger partial charge in [-0.05, 0) is 20.8 Å². The van der Waals surface area contributed by atoms with Crippen LogP contribution in [-0.2, 0) is 11.4 Å². The molecule has 2 rings (SSSR count). The molecule has 0 spiro atoms. The van der Waals surface area contributed by atoms with Gasteiger partial charge in [0.25, 0.3) is 0 Å². The normalized spacial score (nSPS) is 16.4. The predicted octanol–water partition coefficient (Wildman–Crippen LogP) is 2.24. The van der Waals surface area contributed by atoms with Crippen molar-refractivity contribution < 1.29 is 22.4 Å². The fraction of sp³-hybridized carbons (Fsp3) is 0.385. The third-order valence-electron chi connectivity index (χ3n) is 3.23. The monoisotopic (exact) mass is 413 g/mol. The SMILES string of the molecule is Br.Cc1c(F)c(F)c(CON2C(N)=NC(N)=NC2(C)C)c(F)c1F. The third kappa shape index (κ3) is 3.46. The van der Waals surface area contributed by atoms with Crippen molar-refractivity contribution in [3.05, 3.63) is 34.4 Å². The molecule has 0 unspecified atom stereocenters. The molecular formula is C13H16BrF4N5O. The third-order valence-corrected chi connectivity index (χ3v) is 3.23. The second-order valence-corrected chi connectivity index (χ2v) is 5.36. The lowest BCUT2D eigenvalue weighted by Gasteiger charge is -2.36. The molecule has 0 fully saturated rings. The molecule has 11 heteroatoms. The zero-order chi connectivity index (χ0) is 17.5. The van der Waals surface area contributed by atoms with Crippen LogP contribution >= 0.6 is 17.0 Å². The summed E-state index contributed by atoms with van der Waals surface area (Å²) in [5.74, 6) is -6.34. The van der Waals surface area contributed by atoms with Gasteiger partial charge in [0.05, 0.1) is 5.56 Å². The molecule has 0 amide bonds. The molecular weight excluding hydrogens is 398 g/mol. The summed E-state index contributed by atoms with van der Waals surface area (Å²) in [6, 6.07) is 0. The molecule has 1 aliphatic rings. The summed E-state index contributed by atoms with van der Waals surface area (Å²) in [7, 11) is 0. The molecule has 0 bridgehead atoms. The Balaban J connectivity index is 0.00000288. The van der Waals surface area contributed by atoms with Crippen molar-refractivity contribution in [1.29, 1.82) is 0 Å². The number of hydrogen-bond acceptors (Lipinski definition) is 6. The Bertz CT molecular complexity index is 694. The second kappa shape index (κ2) is 6.93. The Hall–Kier alpha value is -1.88. The Morgan fingerprint density at radius 1 is 1.04 bits per heavy atom. The molecule has 0 saturated heterocycles. The van der Waals surface area contributed by atoms with E-state index in [0.29, 0.717) is 0 Å². The van der Waals surface area contributed by atoms with Crippen molar-refractivity contribution in [1.82, 2.24) is 5.06 Å². The molecule has 1 aromatic rings. The Labute approximate surface area is 145 Å². The lowest BCUT2D eigenvalue weighted by molar-refractivity contribution is -0.168. The van der Waals surface area contributed by atoms with Crippen LogP contribution in [0.25, 0.3) is 0 Å². The van der Waals surface area contributed by atoms with Crippen LogP contribution < -0.4 is 11.5 Å². The molecule has 1 heterocycles. The Morgan fingerprint density at radius 2 is 1.54 bits per heavy atom. The van der Waals surface area contributed by atoms with E-state index in [1.807, 2.05) is 0 Å². The van der Waals surface area contributed by atoms with E-state index in [1.165, 1.54) is 0 Å². The highest BCUT2D eigenvalue weighted by atomic mass is 79.9. The molecule has 0 saturated carbocycles. The van der Waals surface area contributed by atoms with Gasteiger partial charge in [-0.15, -0.1) is 17.0 Å². The smallest absolute Gasteiger partial charge is 0.226 e. The maximum absolute atomic E-state index is 13.8. The van der Waals surface area contributed by atoms with Crippen molar-refractivity contribution in [3.8, 4) is 0 Å². The van der Waals surface area contributed by atoms with Crippen LogP contribution in [0, 0.1) is 30.2 Å². The lowest BCUT2D eigenvalue weighted by atomic mass is 10.1. The minimum Gasteiger partial charge on any atom is -0.368 e. The van der Waals surface area contributed by atoms with Crippen molar-refractivity contribution in [2.24, 2.45) is 21.5 Å². The number of halogens is 5. The van der Waals surface area contributed by atoms with E-state index in [2.05, 4.69) is 9.98 Å². The summed E-state index contributed by atoms with van der Waals surface area (Å²) in [5, 5.41) is 0.942. The first-order valence-corrected chi connectivity index (χ1v) is 6.50. The van der Waals surface area contributed by atoms with Crippen LogP contribution in [-0.4, -0.2) is 22.6 Å². The van der Waals surface area contributed by atoms with E-state index >= 15 is 0 Å². The first-order chi connectivity index (χ1) is 10.6. The fourth-order valence-corrected chi connectivity index (χ4v) is 2.06. The molecule has 134 valence electrons. The van der Waals surface area contributed by atoms with Gasteiger partial charge in [0.2, 0.25) is 11.9 Å². The van der Waals surface area contributed by atoms with Crippen LogP contribution in [0.15, 0.2) is 9.98 Å². The predicted molar refractivity (Wildman–Crippen MR) is 85.3 cm³/mol. The maximum atomic E-state index is 13.8. The zero-order valence-electron chi connectivity index (χ0n) is 13.0. The first-order valence-electron chi connectivity index (χ1n) is 6.50. The molecule has 1 aromatic carbocycles. The molecule has 1 aliphatic heterocycles. The number of hydroxylamine groups is 2. The average Bonchev–Trinajstić information content (AvgIpc) is 2.44. The van der Waals surface area contributed by atoms with Gasteiger partial charge in [0.1, 0.15) is 6.61 Å². The van der Waals surface area contributed by atoms with Crippen molar-refractivity contribution in [2.75, 3.05) is 0 Å². The van der Waals surface area contributed by atoms with Gasteiger partial charge < -0.3 is 11.5 Å². The van der Waals surface area contributed by atoms with Crippen LogP contribution in [0.1, 0.15) is 25.0 Å². The van der Waals surface area contributed by atoms with Gasteiger partial charge in [0.15, 0.2) is 28.9 Å². The minimum atomic E-state index is -1.53. The summed E-state index contributed by atoms with van der Waals surface area (Å²) in [4.78, 5) is 12.8. The first kappa shape index (κ1) is 20.2. The summed E-state index contributed by atoms with van der Waals surface area (Å²) in [5.41, 5.74) is 8.30. The van der Waals surface area contributed by atoms with Crippen molar-refractivity contribution in [3.63, 3.8) is 0 Å². The number of hydrogen-bond donors (Lipinski definition) is 2. The minimum absolute atomic E-state index is 0. The second-order valence-electron chi connectivity index (χ2n) is 5.36. The number of rotatable bonds is 3. The maximum Gasteiger partial charge on any atom is 0.226 e. The molecule has 6 nitrogen and oxygen atoms in total. The summed E-state index contributed by atoms with van der Waals surface area (Å²) >= 11 is 0. The standard InChI is InChI=1S/C13H15F4N5O.BrH/c1-5-7(14)9(16)6(10(17)8(5)15)4-23-22-12(19)20-11(18)21-13(22,2)3;/h4H2,1-3H3,(H4,18,19,20,21);1H. The van der Waals surface area contributed by atoms with E-state index < -0.39 is 46.7 Å². The van der Waals surface area contributed by atoms with Crippen LogP contribution in [0.5, 0.6) is 0 Å². The number of aliphatic imine (C=N–C) groups is 2. The highest BCUT2D eigenvalue weighted by molar-refractivity contribution is 8.93. The van der Waals surface area contributed by atoms with E-state index in [-0.39, 0.29) is 28.9 Å². The van der Waals surface area contributed by atoms with E-state index in [4.69, 9.17) is 16.3 Å². The molecule has 0 aliphatic carbocycles. The van der Waals surface area contributed by atoms with E-state index in [9.17, 15) is 17.6 Å². The average molecular weight is 414 g/mol. The van der Waals surface area contributed by atoms with Gasteiger partial charge in [-0.3, -0.25) is 4.84 Å². The van der Waals surface area contributed by atoms with Gasteiger partial charge >= 0.3 is 0 Å². The van der Waals surface area contributed by atoms with Gasteiger partial charge in [-0.1, -0.05) is 0 Å². The molecule has 0 aromatic heterocycles.